The fourth-order valence-corrected chi connectivity index (χ4v) is 2.88. The molecule has 1 aliphatic rings. The molecule has 2 rings (SSSR count). The molecular formula is C15H22FN3S. The van der Waals surface area contributed by atoms with Gasteiger partial charge >= 0.3 is 0 Å². The third-order valence-corrected chi connectivity index (χ3v) is 4.22. The molecule has 0 aromatic heterocycles. The Hall–Kier alpha value is -1.04. The largest absolute Gasteiger partial charge is 0.389 e. The Bertz CT molecular complexity index is 492. The monoisotopic (exact) mass is 295 g/mol. The van der Waals surface area contributed by atoms with E-state index in [1.54, 1.807) is 12.1 Å². The van der Waals surface area contributed by atoms with Gasteiger partial charge in [0.25, 0.3) is 0 Å². The van der Waals surface area contributed by atoms with Crippen LogP contribution in [0.5, 0.6) is 0 Å². The molecule has 0 spiro atoms. The van der Waals surface area contributed by atoms with Gasteiger partial charge in [-0.25, -0.2) is 4.39 Å². The molecule has 3 nitrogen and oxygen atoms in total. The highest BCUT2D eigenvalue weighted by Gasteiger charge is 2.22. The molecule has 1 saturated heterocycles. The van der Waals surface area contributed by atoms with E-state index in [-0.39, 0.29) is 10.8 Å². The van der Waals surface area contributed by atoms with Crippen LogP contribution in [0.1, 0.15) is 25.0 Å². The van der Waals surface area contributed by atoms with E-state index in [0.29, 0.717) is 23.7 Å². The average Bonchev–Trinajstić information content (AvgIpc) is 2.41. The van der Waals surface area contributed by atoms with Gasteiger partial charge < -0.3 is 5.73 Å². The Morgan fingerprint density at radius 1 is 1.45 bits per heavy atom. The average molecular weight is 295 g/mol. The van der Waals surface area contributed by atoms with Gasteiger partial charge in [-0.1, -0.05) is 31.3 Å². The topological polar surface area (TPSA) is 32.5 Å². The number of benzene rings is 1. The van der Waals surface area contributed by atoms with Gasteiger partial charge in [-0.3, -0.25) is 9.80 Å². The minimum Gasteiger partial charge on any atom is -0.389 e. The Kier molecular flexibility index (Phi) is 5.07. The van der Waals surface area contributed by atoms with E-state index in [1.807, 2.05) is 0 Å². The van der Waals surface area contributed by atoms with Crippen molar-refractivity contribution in [2.75, 3.05) is 26.2 Å². The lowest BCUT2D eigenvalue weighted by atomic mass is 10.1. The molecule has 0 saturated carbocycles. The zero-order valence-corrected chi connectivity index (χ0v) is 12.9. The zero-order chi connectivity index (χ0) is 14.7. The van der Waals surface area contributed by atoms with Crippen LogP contribution in [0.2, 0.25) is 0 Å². The number of halogens is 1. The number of rotatable bonds is 4. The Labute approximate surface area is 125 Å². The summed E-state index contributed by atoms with van der Waals surface area (Å²) >= 11 is 4.86. The highest BCUT2D eigenvalue weighted by Crippen LogP contribution is 2.16. The number of piperazine rings is 1. The smallest absolute Gasteiger partial charge is 0.128 e. The molecule has 1 atom stereocenters. The van der Waals surface area contributed by atoms with Crippen LogP contribution in [0, 0.1) is 5.82 Å². The minimum absolute atomic E-state index is 0.221. The van der Waals surface area contributed by atoms with Crippen molar-refractivity contribution in [2.45, 2.75) is 26.4 Å². The molecule has 1 fully saturated rings. The standard InChI is InChI=1S/C15H22FN3S/c1-3-19-7-6-18(9-11(19)2)10-13-5-4-12(15(17)20)8-14(13)16/h4-5,8,11H,3,6-7,9-10H2,1-2H3,(H2,17,20). The third-order valence-electron chi connectivity index (χ3n) is 3.99. The van der Waals surface area contributed by atoms with Crippen molar-refractivity contribution in [2.24, 2.45) is 5.73 Å². The van der Waals surface area contributed by atoms with Crippen molar-refractivity contribution in [1.82, 2.24) is 9.80 Å². The van der Waals surface area contributed by atoms with Gasteiger partial charge in [0.05, 0.1) is 0 Å². The summed E-state index contributed by atoms with van der Waals surface area (Å²) in [5.74, 6) is -0.221. The van der Waals surface area contributed by atoms with Crippen LogP contribution in [-0.2, 0) is 6.54 Å². The van der Waals surface area contributed by atoms with Crippen LogP contribution in [0.4, 0.5) is 4.39 Å². The second-order valence-corrected chi connectivity index (χ2v) is 5.82. The predicted octanol–water partition coefficient (Wildman–Crippen LogP) is 1.99. The van der Waals surface area contributed by atoms with Crippen molar-refractivity contribution in [3.8, 4) is 0 Å². The summed E-state index contributed by atoms with van der Waals surface area (Å²) in [4.78, 5) is 4.99. The first-order valence-electron chi connectivity index (χ1n) is 7.06. The molecule has 20 heavy (non-hydrogen) atoms. The molecular weight excluding hydrogens is 273 g/mol. The normalized spacial score (nSPS) is 21.1. The van der Waals surface area contributed by atoms with Gasteiger partial charge in [-0.05, 0) is 19.5 Å². The number of hydrogen-bond donors (Lipinski definition) is 1. The van der Waals surface area contributed by atoms with Crippen molar-refractivity contribution in [3.63, 3.8) is 0 Å². The number of nitrogens with zero attached hydrogens (tertiary/aromatic N) is 2. The highest BCUT2D eigenvalue weighted by atomic mass is 32.1. The van der Waals surface area contributed by atoms with E-state index in [1.165, 1.54) is 6.07 Å². The maximum atomic E-state index is 14.1. The van der Waals surface area contributed by atoms with Gasteiger partial charge in [-0.15, -0.1) is 0 Å². The second-order valence-electron chi connectivity index (χ2n) is 5.38. The van der Waals surface area contributed by atoms with Crippen LogP contribution < -0.4 is 5.73 Å². The van der Waals surface area contributed by atoms with Crippen LogP contribution in [0.15, 0.2) is 18.2 Å². The quantitative estimate of drug-likeness (QED) is 0.861. The molecule has 110 valence electrons. The summed E-state index contributed by atoms with van der Waals surface area (Å²) in [5, 5.41) is 0. The van der Waals surface area contributed by atoms with Crippen LogP contribution in [0.25, 0.3) is 0 Å². The first-order valence-corrected chi connectivity index (χ1v) is 7.46. The summed E-state index contributed by atoms with van der Waals surface area (Å²) in [6.07, 6.45) is 0. The molecule has 1 unspecified atom stereocenters. The predicted molar refractivity (Wildman–Crippen MR) is 84.3 cm³/mol. The molecule has 0 amide bonds. The molecule has 1 heterocycles. The van der Waals surface area contributed by atoms with E-state index >= 15 is 0 Å². The fraction of sp³-hybridized carbons (Fsp3) is 0.533. The minimum atomic E-state index is -0.221. The summed E-state index contributed by atoms with van der Waals surface area (Å²) < 4.78 is 14.1. The number of likely N-dealkylation sites (N-methyl/N-ethyl adjacent to an activating group) is 1. The van der Waals surface area contributed by atoms with Gasteiger partial charge in [0.15, 0.2) is 0 Å². The van der Waals surface area contributed by atoms with Gasteiger partial charge in [-0.2, -0.15) is 0 Å². The zero-order valence-electron chi connectivity index (χ0n) is 12.1. The van der Waals surface area contributed by atoms with E-state index in [2.05, 4.69) is 23.6 Å². The molecule has 1 aliphatic heterocycles. The van der Waals surface area contributed by atoms with Gasteiger partial charge in [0.2, 0.25) is 0 Å². The summed E-state index contributed by atoms with van der Waals surface area (Å²) in [7, 11) is 0. The Morgan fingerprint density at radius 3 is 2.75 bits per heavy atom. The lowest BCUT2D eigenvalue weighted by Gasteiger charge is -2.39. The molecule has 5 heteroatoms. The van der Waals surface area contributed by atoms with Crippen molar-refractivity contribution >= 4 is 17.2 Å². The molecule has 0 bridgehead atoms. The summed E-state index contributed by atoms with van der Waals surface area (Å²) in [6, 6.07) is 5.55. The Balaban J connectivity index is 2.02. The molecule has 1 aromatic rings. The lowest BCUT2D eigenvalue weighted by molar-refractivity contribution is 0.0827. The third kappa shape index (κ3) is 3.53. The van der Waals surface area contributed by atoms with Crippen LogP contribution in [0.3, 0.4) is 0 Å². The number of thiocarbonyl (C=S) groups is 1. The SMILES string of the molecule is CCN1CCN(Cc2ccc(C(N)=S)cc2F)CC1C. The maximum absolute atomic E-state index is 14.1. The van der Waals surface area contributed by atoms with E-state index in [4.69, 9.17) is 18.0 Å². The first kappa shape index (κ1) is 15.4. The van der Waals surface area contributed by atoms with Gasteiger partial charge in [0, 0.05) is 43.3 Å². The Morgan fingerprint density at radius 2 is 2.20 bits per heavy atom. The van der Waals surface area contributed by atoms with E-state index in [9.17, 15) is 4.39 Å². The first-order chi connectivity index (χ1) is 9.51. The van der Waals surface area contributed by atoms with Crippen molar-refractivity contribution < 1.29 is 4.39 Å². The number of nitrogens with two attached hydrogens (primary N) is 1. The van der Waals surface area contributed by atoms with Gasteiger partial charge in [0.1, 0.15) is 10.8 Å². The maximum Gasteiger partial charge on any atom is 0.128 e. The molecule has 0 radical (unpaired) electrons. The van der Waals surface area contributed by atoms with E-state index < -0.39 is 0 Å². The fourth-order valence-electron chi connectivity index (χ4n) is 2.75. The van der Waals surface area contributed by atoms with E-state index in [0.717, 1.165) is 26.2 Å². The molecule has 0 aliphatic carbocycles. The van der Waals surface area contributed by atoms with Crippen molar-refractivity contribution in [3.05, 3.63) is 35.1 Å². The molecule has 2 N–H and O–H groups in total. The molecule has 1 aromatic carbocycles. The lowest BCUT2D eigenvalue weighted by Crippen LogP contribution is -2.51. The summed E-state index contributed by atoms with van der Waals surface area (Å²) in [5.41, 5.74) is 6.81. The highest BCUT2D eigenvalue weighted by molar-refractivity contribution is 7.80. The summed E-state index contributed by atoms with van der Waals surface area (Å²) in [6.45, 7) is 9.13. The van der Waals surface area contributed by atoms with Crippen molar-refractivity contribution in [1.29, 1.82) is 0 Å². The second kappa shape index (κ2) is 6.61. The number of hydrogen-bond acceptors (Lipinski definition) is 3. The van der Waals surface area contributed by atoms with Crippen LogP contribution >= 0.6 is 12.2 Å². The van der Waals surface area contributed by atoms with Crippen LogP contribution in [-0.4, -0.2) is 47.0 Å².